The van der Waals surface area contributed by atoms with Crippen molar-refractivity contribution >= 4 is 27.5 Å². The smallest absolute Gasteiger partial charge is 0.270 e. The van der Waals surface area contributed by atoms with Gasteiger partial charge in [0.25, 0.3) is 5.91 Å². The van der Waals surface area contributed by atoms with Crippen LogP contribution < -0.4 is 4.74 Å². The van der Waals surface area contributed by atoms with Crippen molar-refractivity contribution < 1.29 is 9.53 Å². The average Bonchev–Trinajstić information content (AvgIpc) is 3.25. The van der Waals surface area contributed by atoms with Crippen LogP contribution in [0, 0.1) is 0 Å². The Morgan fingerprint density at radius 2 is 1.92 bits per heavy atom. The van der Waals surface area contributed by atoms with Gasteiger partial charge >= 0.3 is 0 Å². The summed E-state index contributed by atoms with van der Waals surface area (Å²) in [5.41, 5.74) is 2.95. The molecule has 3 heterocycles. The summed E-state index contributed by atoms with van der Waals surface area (Å²) < 4.78 is 8.78. The molecule has 0 aliphatic carbocycles. The lowest BCUT2D eigenvalue weighted by Gasteiger charge is -2.32. The summed E-state index contributed by atoms with van der Waals surface area (Å²) in [7, 11) is 3.78. The molecule has 0 bridgehead atoms. The monoisotopic (exact) mass is 369 g/mol. The van der Waals surface area contributed by atoms with E-state index >= 15 is 0 Å². The van der Waals surface area contributed by atoms with Crippen molar-refractivity contribution in [2.45, 2.75) is 6.54 Å². The molecule has 1 aliphatic heterocycles. The molecule has 0 unspecified atom stereocenters. The van der Waals surface area contributed by atoms with Gasteiger partial charge < -0.3 is 19.1 Å². The van der Waals surface area contributed by atoms with Crippen LogP contribution in [0.15, 0.2) is 41.8 Å². The van der Waals surface area contributed by atoms with Crippen LogP contribution in [0.1, 0.15) is 16.1 Å². The average molecular weight is 369 g/mol. The number of thiophene rings is 1. The number of benzene rings is 1. The number of likely N-dealkylation sites (N-methyl/N-ethyl adjacent to an activating group) is 1. The fourth-order valence-electron chi connectivity index (χ4n) is 3.50. The highest BCUT2D eigenvalue weighted by Gasteiger charge is 2.25. The summed E-state index contributed by atoms with van der Waals surface area (Å²) >= 11 is 1.68. The number of para-hydroxylation sites is 1. The second kappa shape index (κ2) is 7.13. The number of nitrogens with zero attached hydrogens (tertiary/aromatic N) is 3. The minimum atomic E-state index is 0.122. The van der Waals surface area contributed by atoms with E-state index in [1.165, 1.54) is 0 Å². The Morgan fingerprint density at radius 3 is 2.69 bits per heavy atom. The quantitative estimate of drug-likeness (QED) is 0.709. The van der Waals surface area contributed by atoms with E-state index in [4.69, 9.17) is 4.74 Å². The minimum absolute atomic E-state index is 0.122. The van der Waals surface area contributed by atoms with Crippen LogP contribution in [-0.2, 0) is 6.54 Å². The first-order valence-electron chi connectivity index (χ1n) is 8.84. The van der Waals surface area contributed by atoms with Gasteiger partial charge in [-0.25, -0.2) is 0 Å². The largest absolute Gasteiger partial charge is 0.496 e. The van der Waals surface area contributed by atoms with Gasteiger partial charge in [0.1, 0.15) is 11.4 Å². The number of piperazine rings is 1. The number of fused-ring (bicyclic) bond motifs is 1. The maximum absolute atomic E-state index is 13.2. The van der Waals surface area contributed by atoms with Gasteiger partial charge in [0.2, 0.25) is 0 Å². The van der Waals surface area contributed by atoms with Crippen molar-refractivity contribution in [3.8, 4) is 5.75 Å². The van der Waals surface area contributed by atoms with Crippen LogP contribution in [0.25, 0.3) is 10.2 Å². The topological polar surface area (TPSA) is 37.7 Å². The molecule has 4 rings (SSSR count). The first kappa shape index (κ1) is 17.1. The highest BCUT2D eigenvalue weighted by atomic mass is 32.1. The molecule has 1 amide bonds. The number of carbonyl (C=O) groups is 1. The highest BCUT2D eigenvalue weighted by molar-refractivity contribution is 7.17. The van der Waals surface area contributed by atoms with Crippen LogP contribution in [0.5, 0.6) is 5.75 Å². The SMILES string of the molecule is COc1ccccc1Cn1c(C(=O)N2CCN(C)CC2)cc2sccc21. The number of amides is 1. The Balaban J connectivity index is 1.70. The van der Waals surface area contributed by atoms with Gasteiger partial charge in [-0.2, -0.15) is 0 Å². The number of aromatic nitrogens is 1. The number of ether oxygens (including phenoxy) is 1. The van der Waals surface area contributed by atoms with Gasteiger partial charge in [0.15, 0.2) is 0 Å². The molecule has 0 N–H and O–H groups in total. The predicted molar refractivity (Wildman–Crippen MR) is 105 cm³/mol. The molecule has 0 saturated carbocycles. The highest BCUT2D eigenvalue weighted by Crippen LogP contribution is 2.29. The van der Waals surface area contributed by atoms with Crippen molar-refractivity contribution in [1.82, 2.24) is 14.4 Å². The molecular weight excluding hydrogens is 346 g/mol. The molecule has 2 aromatic heterocycles. The number of carbonyl (C=O) groups excluding carboxylic acids is 1. The van der Waals surface area contributed by atoms with Gasteiger partial charge in [-0.15, -0.1) is 11.3 Å². The van der Waals surface area contributed by atoms with Crippen LogP contribution in [-0.4, -0.2) is 60.6 Å². The lowest BCUT2D eigenvalue weighted by atomic mass is 10.2. The third-order valence-corrected chi connectivity index (χ3v) is 5.91. The van der Waals surface area contributed by atoms with E-state index in [1.54, 1.807) is 18.4 Å². The summed E-state index contributed by atoms with van der Waals surface area (Å²) in [5, 5.41) is 2.08. The Labute approximate surface area is 157 Å². The number of hydrogen-bond donors (Lipinski definition) is 0. The predicted octanol–water partition coefficient (Wildman–Crippen LogP) is 3.15. The van der Waals surface area contributed by atoms with Crippen LogP contribution in [0.2, 0.25) is 0 Å². The normalized spacial score (nSPS) is 15.5. The zero-order valence-electron chi connectivity index (χ0n) is 15.1. The van der Waals surface area contributed by atoms with E-state index in [0.717, 1.165) is 53.4 Å². The second-order valence-electron chi connectivity index (χ2n) is 6.69. The maximum Gasteiger partial charge on any atom is 0.270 e. The molecule has 0 atom stereocenters. The Bertz CT molecular complexity index is 922. The van der Waals surface area contributed by atoms with Crippen molar-refractivity contribution in [3.63, 3.8) is 0 Å². The van der Waals surface area contributed by atoms with Gasteiger partial charge in [-0.05, 0) is 30.6 Å². The van der Waals surface area contributed by atoms with E-state index in [9.17, 15) is 4.79 Å². The zero-order valence-corrected chi connectivity index (χ0v) is 16.0. The van der Waals surface area contributed by atoms with E-state index in [2.05, 4.69) is 34.0 Å². The summed E-state index contributed by atoms with van der Waals surface area (Å²) in [5.74, 6) is 0.971. The Morgan fingerprint density at radius 1 is 1.15 bits per heavy atom. The molecule has 136 valence electrons. The Kier molecular flexibility index (Phi) is 4.70. The molecule has 0 spiro atoms. The van der Waals surface area contributed by atoms with Crippen molar-refractivity contribution in [1.29, 1.82) is 0 Å². The number of methoxy groups -OCH3 is 1. The second-order valence-corrected chi connectivity index (χ2v) is 7.64. The minimum Gasteiger partial charge on any atom is -0.496 e. The van der Waals surface area contributed by atoms with Gasteiger partial charge in [0, 0.05) is 31.7 Å². The third-order valence-electron chi connectivity index (χ3n) is 5.05. The first-order chi connectivity index (χ1) is 12.7. The maximum atomic E-state index is 13.2. The van der Waals surface area contributed by atoms with E-state index < -0.39 is 0 Å². The summed E-state index contributed by atoms with van der Waals surface area (Å²) in [6.45, 7) is 4.03. The fourth-order valence-corrected chi connectivity index (χ4v) is 4.32. The molecule has 26 heavy (non-hydrogen) atoms. The molecule has 0 radical (unpaired) electrons. The van der Waals surface area contributed by atoms with Crippen molar-refractivity contribution in [2.24, 2.45) is 0 Å². The fraction of sp³-hybridized carbons (Fsp3) is 0.350. The van der Waals surface area contributed by atoms with Gasteiger partial charge in [-0.3, -0.25) is 4.79 Å². The molecule has 1 aromatic carbocycles. The molecular formula is C20H23N3O2S. The standard InChI is InChI=1S/C20H23N3O2S/c1-21-8-10-22(11-9-21)20(24)17-13-19-16(7-12-26-19)23(17)14-15-5-3-4-6-18(15)25-2/h3-7,12-13H,8-11,14H2,1-2H3. The summed E-state index contributed by atoms with van der Waals surface area (Å²) in [6.07, 6.45) is 0. The van der Waals surface area contributed by atoms with Crippen LogP contribution in [0.4, 0.5) is 0 Å². The van der Waals surface area contributed by atoms with E-state index in [0.29, 0.717) is 6.54 Å². The van der Waals surface area contributed by atoms with E-state index in [-0.39, 0.29) is 5.91 Å². The van der Waals surface area contributed by atoms with Gasteiger partial charge in [0.05, 0.1) is 23.9 Å². The van der Waals surface area contributed by atoms with Crippen LogP contribution in [0.3, 0.4) is 0 Å². The van der Waals surface area contributed by atoms with Gasteiger partial charge in [-0.1, -0.05) is 18.2 Å². The molecule has 5 nitrogen and oxygen atoms in total. The van der Waals surface area contributed by atoms with Crippen molar-refractivity contribution in [3.05, 3.63) is 53.0 Å². The lowest BCUT2D eigenvalue weighted by molar-refractivity contribution is 0.0654. The molecule has 1 saturated heterocycles. The summed E-state index contributed by atoms with van der Waals surface area (Å²) in [4.78, 5) is 17.4. The van der Waals surface area contributed by atoms with Crippen LogP contribution >= 0.6 is 11.3 Å². The Hall–Kier alpha value is -2.31. The van der Waals surface area contributed by atoms with E-state index in [1.807, 2.05) is 29.2 Å². The molecule has 1 aliphatic rings. The van der Waals surface area contributed by atoms with Crippen molar-refractivity contribution in [2.75, 3.05) is 40.3 Å². The number of hydrogen-bond acceptors (Lipinski definition) is 4. The molecule has 3 aromatic rings. The number of rotatable bonds is 4. The molecule has 6 heteroatoms. The third kappa shape index (κ3) is 3.10. The molecule has 1 fully saturated rings. The summed E-state index contributed by atoms with van der Waals surface area (Å²) in [6, 6.07) is 12.1. The lowest BCUT2D eigenvalue weighted by Crippen LogP contribution is -2.47. The zero-order chi connectivity index (χ0) is 18.1. The first-order valence-corrected chi connectivity index (χ1v) is 9.72.